The van der Waals surface area contributed by atoms with E-state index in [1.807, 2.05) is 48.5 Å². The first-order valence-electron chi connectivity index (χ1n) is 13.3. The van der Waals surface area contributed by atoms with E-state index in [0.717, 1.165) is 10.8 Å². The predicted molar refractivity (Wildman–Crippen MR) is 133 cm³/mol. The zero-order valence-electron chi connectivity index (χ0n) is 23.5. The minimum absolute atomic E-state index is 0.000149. The molecule has 2 nitrogen and oxygen atoms in total. The van der Waals surface area contributed by atoms with Gasteiger partial charge in [0.05, 0.1) is 12.5 Å². The summed E-state index contributed by atoms with van der Waals surface area (Å²) in [6.45, 7) is -1.15. The monoisotopic (exact) mass is 455 g/mol. The molecule has 2 heterocycles. The van der Waals surface area contributed by atoms with Crippen molar-refractivity contribution in [3.05, 3.63) is 102 Å². The molecule has 0 bridgehead atoms. The molecular weight excluding hydrogens is 428 g/mol. The van der Waals surface area contributed by atoms with Gasteiger partial charge in [-0.1, -0.05) is 54.6 Å². The molecule has 0 fully saturated rings. The molecule has 0 radical (unpaired) electrons. The van der Waals surface area contributed by atoms with Crippen molar-refractivity contribution in [1.82, 2.24) is 0 Å². The Bertz CT molecular complexity index is 1940. The summed E-state index contributed by atoms with van der Waals surface area (Å²) in [5.41, 5.74) is 1.68. The van der Waals surface area contributed by atoms with Crippen LogP contribution in [0, 0.1) is 25.4 Å². The Morgan fingerprint density at radius 1 is 0.794 bits per heavy atom. The second-order valence-electron chi connectivity index (χ2n) is 8.40. The Labute approximate surface area is 202 Å². The summed E-state index contributed by atoms with van der Waals surface area (Å²) < 4.78 is 78.5. The van der Waals surface area contributed by atoms with Gasteiger partial charge < -0.3 is 4.42 Å². The molecule has 0 saturated heterocycles. The maximum Gasteiger partial charge on any atom is 0.219 e. The summed E-state index contributed by atoms with van der Waals surface area (Å²) in [5.74, 6) is -1.74. The van der Waals surface area contributed by atoms with Gasteiger partial charge in [-0.25, -0.2) is 13.3 Å². The van der Waals surface area contributed by atoms with Crippen LogP contribution in [0.1, 0.15) is 18.0 Å². The summed E-state index contributed by atoms with van der Waals surface area (Å²) in [6.07, 6.45) is -0.562. The first-order valence-corrected chi connectivity index (χ1v) is 10.8. The average molecular weight is 456 g/mol. The molecule has 4 heteroatoms. The summed E-state index contributed by atoms with van der Waals surface area (Å²) in [4.78, 5) is 0. The number of benzene rings is 4. The van der Waals surface area contributed by atoms with Crippen LogP contribution in [-0.2, 0) is 7.05 Å². The number of rotatable bonds is 2. The number of fused-ring (bicyclic) bond motifs is 4. The van der Waals surface area contributed by atoms with E-state index in [1.165, 1.54) is 17.7 Å². The Morgan fingerprint density at radius 2 is 1.53 bits per heavy atom. The molecule has 0 amide bonds. The van der Waals surface area contributed by atoms with Gasteiger partial charge in [0.15, 0.2) is 6.17 Å². The largest absolute Gasteiger partial charge is 0.454 e. The van der Waals surface area contributed by atoms with Gasteiger partial charge in [0, 0.05) is 26.5 Å². The number of furan rings is 1. The standard InChI is InChI=1S/C30H22F2NO/c1-17-11-12-22-23-13-14-24(31)28(21-10-6-8-19-7-4-5-9-20(19)21)30(23)34-29(22)27(17)26-15-25(32)18(2)16-33(26)3/h4-16H,1-3H3/q+1/i2D3,15D,16D. The van der Waals surface area contributed by atoms with Crippen molar-refractivity contribution in [2.24, 2.45) is 7.05 Å². The molecule has 0 aliphatic carbocycles. The van der Waals surface area contributed by atoms with Crippen LogP contribution in [0.25, 0.3) is 55.1 Å². The summed E-state index contributed by atoms with van der Waals surface area (Å²) >= 11 is 0. The van der Waals surface area contributed by atoms with E-state index in [2.05, 4.69) is 0 Å². The Morgan fingerprint density at radius 3 is 2.35 bits per heavy atom. The number of hydrogen-bond acceptors (Lipinski definition) is 1. The van der Waals surface area contributed by atoms with Crippen molar-refractivity contribution in [3.8, 4) is 22.4 Å². The van der Waals surface area contributed by atoms with E-state index in [4.69, 9.17) is 11.3 Å². The zero-order valence-corrected chi connectivity index (χ0v) is 18.5. The molecule has 0 N–H and O–H groups in total. The van der Waals surface area contributed by atoms with Crippen molar-refractivity contribution in [2.45, 2.75) is 13.8 Å². The van der Waals surface area contributed by atoms with Crippen LogP contribution in [0.15, 0.2) is 83.4 Å². The van der Waals surface area contributed by atoms with E-state index in [9.17, 15) is 0 Å². The zero-order chi connectivity index (χ0) is 27.8. The van der Waals surface area contributed by atoms with Crippen molar-refractivity contribution < 1.29 is 24.6 Å². The van der Waals surface area contributed by atoms with Crippen LogP contribution in [0.5, 0.6) is 0 Å². The number of pyridine rings is 1. The molecule has 0 spiro atoms. The van der Waals surface area contributed by atoms with Crippen LogP contribution >= 0.6 is 0 Å². The normalized spacial score (nSPS) is 14.2. The van der Waals surface area contributed by atoms with Crippen LogP contribution in [0.4, 0.5) is 8.78 Å². The predicted octanol–water partition coefficient (Wildman–Crippen LogP) is 7.79. The minimum atomic E-state index is -2.90. The lowest BCUT2D eigenvalue weighted by atomic mass is 9.95. The van der Waals surface area contributed by atoms with Crippen molar-refractivity contribution >= 4 is 32.7 Å². The van der Waals surface area contributed by atoms with Gasteiger partial charge in [0.2, 0.25) is 5.69 Å². The molecule has 166 valence electrons. The minimum Gasteiger partial charge on any atom is -0.454 e. The Balaban J connectivity index is 1.73. The second kappa shape index (κ2) is 7.49. The number of aryl methyl sites for hydroxylation is 1. The van der Waals surface area contributed by atoms with Gasteiger partial charge in [-0.2, -0.15) is 0 Å². The third-order valence-corrected chi connectivity index (χ3v) is 6.33. The van der Waals surface area contributed by atoms with Crippen LogP contribution in [-0.4, -0.2) is 0 Å². The van der Waals surface area contributed by atoms with E-state index < -0.39 is 36.3 Å². The molecule has 2 aromatic heterocycles. The molecule has 0 aliphatic heterocycles. The molecule has 34 heavy (non-hydrogen) atoms. The lowest BCUT2D eigenvalue weighted by Crippen LogP contribution is -2.31. The third-order valence-electron chi connectivity index (χ3n) is 6.33. The first kappa shape index (κ1) is 15.7. The fourth-order valence-electron chi connectivity index (χ4n) is 4.72. The number of hydrogen-bond donors (Lipinski definition) is 0. The van der Waals surface area contributed by atoms with Gasteiger partial charge in [-0.3, -0.25) is 0 Å². The van der Waals surface area contributed by atoms with E-state index in [1.54, 1.807) is 19.1 Å². The van der Waals surface area contributed by atoms with Crippen molar-refractivity contribution in [1.29, 1.82) is 0 Å². The van der Waals surface area contributed by atoms with Crippen molar-refractivity contribution in [2.75, 3.05) is 0 Å². The van der Waals surface area contributed by atoms with E-state index in [0.29, 0.717) is 38.6 Å². The van der Waals surface area contributed by atoms with Crippen molar-refractivity contribution in [3.63, 3.8) is 0 Å². The molecule has 6 aromatic rings. The van der Waals surface area contributed by atoms with E-state index in [-0.39, 0.29) is 11.3 Å². The topological polar surface area (TPSA) is 17.0 Å². The Kier molecular flexibility index (Phi) is 3.46. The highest BCUT2D eigenvalue weighted by Crippen LogP contribution is 2.43. The molecule has 0 unspecified atom stereocenters. The highest BCUT2D eigenvalue weighted by atomic mass is 19.1. The summed E-state index contributed by atoms with van der Waals surface area (Å²) in [6, 6.07) is 19.2. The molecule has 0 aliphatic rings. The first-order chi connectivity index (χ1) is 18.5. The number of aromatic nitrogens is 1. The quantitative estimate of drug-likeness (QED) is 0.244. The van der Waals surface area contributed by atoms with Crippen LogP contribution in [0.3, 0.4) is 0 Å². The summed E-state index contributed by atoms with van der Waals surface area (Å²) in [5, 5.41) is 3.05. The van der Waals surface area contributed by atoms with E-state index >= 15 is 8.78 Å². The fourth-order valence-corrected chi connectivity index (χ4v) is 4.72. The number of halogens is 2. The van der Waals surface area contributed by atoms with Crippen LogP contribution in [0.2, 0.25) is 0 Å². The SMILES string of the molecule is [2H]c1c(F)c(C([2H])([2H])[2H])c([2H])[n+](C)c1-c1c(C)ccc2c1oc1c(-c3cccc4ccccc34)c(F)ccc12. The highest BCUT2D eigenvalue weighted by molar-refractivity contribution is 6.15. The molecule has 0 saturated carbocycles. The summed E-state index contributed by atoms with van der Waals surface area (Å²) in [7, 11) is 1.42. The van der Waals surface area contributed by atoms with Gasteiger partial charge in [0.1, 0.15) is 31.2 Å². The van der Waals surface area contributed by atoms with Gasteiger partial charge in [-0.15, -0.1) is 0 Å². The average Bonchev–Trinajstić information content (AvgIpc) is 3.26. The Hall–Kier alpha value is -4.05. The lowest BCUT2D eigenvalue weighted by Gasteiger charge is -2.08. The van der Waals surface area contributed by atoms with Gasteiger partial charge in [0.25, 0.3) is 0 Å². The lowest BCUT2D eigenvalue weighted by molar-refractivity contribution is -0.661. The second-order valence-corrected chi connectivity index (χ2v) is 8.40. The highest BCUT2D eigenvalue weighted by Gasteiger charge is 2.24. The fraction of sp³-hybridized carbons (Fsp3) is 0.100. The van der Waals surface area contributed by atoms with Gasteiger partial charge in [-0.05, 0) is 47.8 Å². The smallest absolute Gasteiger partial charge is 0.219 e. The third kappa shape index (κ3) is 2.95. The van der Waals surface area contributed by atoms with Gasteiger partial charge >= 0.3 is 0 Å². The molecule has 0 atom stereocenters. The molecular formula is C30H22F2NO+. The maximum atomic E-state index is 15.5. The maximum absolute atomic E-state index is 15.5. The number of nitrogens with zero attached hydrogens (tertiary/aromatic N) is 1. The van der Waals surface area contributed by atoms with Crippen LogP contribution < -0.4 is 4.57 Å². The molecule has 4 aromatic carbocycles. The molecule has 6 rings (SSSR count).